The number of carbonyl (C=O) groups is 2. The fraction of sp³-hybridized carbons (Fsp3) is 0.200. The van der Waals surface area contributed by atoms with Crippen molar-refractivity contribution in [2.24, 2.45) is 0 Å². The SMILES string of the molecule is COc1cccc(S(=O)(=O)NC(=O)C(C)NC(=O)c2ccco2)c1. The molecule has 0 bridgehead atoms. The van der Waals surface area contributed by atoms with E-state index in [1.165, 1.54) is 50.6 Å². The van der Waals surface area contributed by atoms with E-state index in [4.69, 9.17) is 9.15 Å². The molecule has 0 saturated heterocycles. The Morgan fingerprint density at radius 1 is 1.21 bits per heavy atom. The number of sulfonamides is 1. The van der Waals surface area contributed by atoms with Crippen molar-refractivity contribution in [3.05, 3.63) is 48.4 Å². The number of rotatable bonds is 6. The van der Waals surface area contributed by atoms with Gasteiger partial charge in [0.2, 0.25) is 0 Å². The zero-order chi connectivity index (χ0) is 17.7. The van der Waals surface area contributed by atoms with Crippen LogP contribution < -0.4 is 14.8 Å². The van der Waals surface area contributed by atoms with Gasteiger partial charge in [-0.3, -0.25) is 9.59 Å². The lowest BCUT2D eigenvalue weighted by Crippen LogP contribution is -2.46. The Bertz CT molecular complexity index is 829. The van der Waals surface area contributed by atoms with Gasteiger partial charge in [-0.25, -0.2) is 13.1 Å². The van der Waals surface area contributed by atoms with Gasteiger partial charge in [-0.05, 0) is 31.2 Å². The molecular formula is C15H16N2O6S. The Morgan fingerprint density at radius 2 is 1.96 bits per heavy atom. The summed E-state index contributed by atoms with van der Waals surface area (Å²) in [5.74, 6) is -1.14. The first-order valence-corrected chi connectivity index (χ1v) is 8.37. The zero-order valence-electron chi connectivity index (χ0n) is 13.0. The normalized spacial score (nSPS) is 12.2. The van der Waals surface area contributed by atoms with E-state index in [0.717, 1.165) is 0 Å². The third-order valence-corrected chi connectivity index (χ3v) is 4.42. The molecule has 0 fully saturated rings. The van der Waals surface area contributed by atoms with Crippen LogP contribution in [-0.2, 0) is 14.8 Å². The molecule has 9 heteroatoms. The summed E-state index contributed by atoms with van der Waals surface area (Å²) in [4.78, 5) is 23.7. The molecule has 8 nitrogen and oxygen atoms in total. The molecule has 2 rings (SSSR count). The van der Waals surface area contributed by atoms with Crippen LogP contribution in [0.1, 0.15) is 17.5 Å². The topological polar surface area (TPSA) is 115 Å². The molecule has 0 spiro atoms. The van der Waals surface area contributed by atoms with Gasteiger partial charge in [0.1, 0.15) is 11.8 Å². The number of amides is 2. The second kappa shape index (κ2) is 7.18. The van der Waals surface area contributed by atoms with Crippen LogP contribution in [0.3, 0.4) is 0 Å². The fourth-order valence-electron chi connectivity index (χ4n) is 1.79. The molecule has 1 aromatic heterocycles. The van der Waals surface area contributed by atoms with Gasteiger partial charge in [-0.2, -0.15) is 0 Å². The molecule has 128 valence electrons. The van der Waals surface area contributed by atoms with Gasteiger partial charge in [0.05, 0.1) is 18.3 Å². The minimum absolute atomic E-state index is 0.0188. The third-order valence-electron chi connectivity index (χ3n) is 3.07. The van der Waals surface area contributed by atoms with Crippen molar-refractivity contribution in [2.75, 3.05) is 7.11 Å². The molecule has 2 N–H and O–H groups in total. The van der Waals surface area contributed by atoms with E-state index in [9.17, 15) is 18.0 Å². The molecule has 0 aliphatic carbocycles. The summed E-state index contributed by atoms with van der Waals surface area (Å²) < 4.78 is 36.2. The van der Waals surface area contributed by atoms with Crippen molar-refractivity contribution < 1.29 is 27.2 Å². The van der Waals surface area contributed by atoms with E-state index < -0.39 is 27.9 Å². The smallest absolute Gasteiger partial charge is 0.287 e. The summed E-state index contributed by atoms with van der Waals surface area (Å²) in [5, 5.41) is 2.34. The quantitative estimate of drug-likeness (QED) is 0.799. The van der Waals surface area contributed by atoms with Crippen LogP contribution in [0.5, 0.6) is 5.75 Å². The molecule has 2 aromatic rings. The summed E-state index contributed by atoms with van der Waals surface area (Å²) in [6.45, 7) is 1.36. The number of carbonyl (C=O) groups excluding carboxylic acids is 2. The average molecular weight is 352 g/mol. The predicted octanol–water partition coefficient (Wildman–Crippen LogP) is 0.912. The molecule has 1 heterocycles. The first-order chi connectivity index (χ1) is 11.3. The Balaban J connectivity index is 2.05. The van der Waals surface area contributed by atoms with Crippen molar-refractivity contribution in [2.45, 2.75) is 17.9 Å². The van der Waals surface area contributed by atoms with Crippen LogP contribution in [0.2, 0.25) is 0 Å². The number of nitrogens with one attached hydrogen (secondary N) is 2. The molecule has 0 aliphatic rings. The van der Waals surface area contributed by atoms with E-state index in [1.807, 2.05) is 4.72 Å². The molecule has 0 radical (unpaired) electrons. The van der Waals surface area contributed by atoms with E-state index in [2.05, 4.69) is 5.32 Å². The van der Waals surface area contributed by atoms with Gasteiger partial charge < -0.3 is 14.5 Å². The van der Waals surface area contributed by atoms with Gasteiger partial charge in [0.25, 0.3) is 21.8 Å². The zero-order valence-corrected chi connectivity index (χ0v) is 13.8. The fourth-order valence-corrected chi connectivity index (χ4v) is 2.88. The predicted molar refractivity (Wildman–Crippen MR) is 84.0 cm³/mol. The summed E-state index contributed by atoms with van der Waals surface area (Å²) in [7, 11) is -2.68. The number of hydrogen-bond donors (Lipinski definition) is 2. The highest BCUT2D eigenvalue weighted by atomic mass is 32.2. The van der Waals surface area contributed by atoms with Crippen LogP contribution in [0.15, 0.2) is 52.0 Å². The molecule has 1 atom stereocenters. The van der Waals surface area contributed by atoms with E-state index in [-0.39, 0.29) is 10.7 Å². The van der Waals surface area contributed by atoms with Crippen molar-refractivity contribution in [3.63, 3.8) is 0 Å². The maximum Gasteiger partial charge on any atom is 0.287 e. The summed E-state index contributed by atoms with van der Waals surface area (Å²) in [6, 6.07) is 7.53. The molecule has 0 aliphatic heterocycles. The van der Waals surface area contributed by atoms with E-state index >= 15 is 0 Å². The highest BCUT2D eigenvalue weighted by Crippen LogP contribution is 2.16. The monoisotopic (exact) mass is 352 g/mol. The molecule has 1 aromatic carbocycles. The van der Waals surface area contributed by atoms with Gasteiger partial charge in [-0.15, -0.1) is 0 Å². The Kier molecular flexibility index (Phi) is 5.24. The highest BCUT2D eigenvalue weighted by molar-refractivity contribution is 7.90. The number of ether oxygens (including phenoxy) is 1. The van der Waals surface area contributed by atoms with Crippen LogP contribution in [0, 0.1) is 0 Å². The molecule has 2 amide bonds. The van der Waals surface area contributed by atoms with E-state index in [0.29, 0.717) is 5.75 Å². The Morgan fingerprint density at radius 3 is 2.58 bits per heavy atom. The number of hydrogen-bond acceptors (Lipinski definition) is 6. The summed E-state index contributed by atoms with van der Waals surface area (Å²) in [5.41, 5.74) is 0. The van der Waals surface area contributed by atoms with Crippen molar-refractivity contribution in [1.29, 1.82) is 0 Å². The average Bonchev–Trinajstić information content (AvgIpc) is 3.09. The standard InChI is InChI=1S/C15H16N2O6S/c1-10(16-15(19)13-7-4-8-23-13)14(18)17-24(20,21)12-6-3-5-11(9-12)22-2/h3-10H,1-2H3,(H,16,19)(H,17,18). The van der Waals surface area contributed by atoms with Gasteiger partial charge >= 0.3 is 0 Å². The number of benzene rings is 1. The lowest BCUT2D eigenvalue weighted by molar-refractivity contribution is -0.120. The van der Waals surface area contributed by atoms with E-state index in [1.54, 1.807) is 6.07 Å². The Labute approximate surface area is 138 Å². The van der Waals surface area contributed by atoms with Crippen molar-refractivity contribution >= 4 is 21.8 Å². The van der Waals surface area contributed by atoms with Crippen LogP contribution in [-0.4, -0.2) is 33.4 Å². The molecule has 1 unspecified atom stereocenters. The number of methoxy groups -OCH3 is 1. The maximum atomic E-state index is 12.2. The largest absolute Gasteiger partial charge is 0.497 e. The second-order valence-corrected chi connectivity index (χ2v) is 6.50. The first kappa shape index (κ1) is 17.5. The Hall–Kier alpha value is -2.81. The molecular weight excluding hydrogens is 336 g/mol. The van der Waals surface area contributed by atoms with Gasteiger partial charge in [0, 0.05) is 6.07 Å². The van der Waals surface area contributed by atoms with Gasteiger partial charge in [-0.1, -0.05) is 6.07 Å². The third kappa shape index (κ3) is 4.13. The lowest BCUT2D eigenvalue weighted by Gasteiger charge is -2.14. The van der Waals surface area contributed by atoms with Gasteiger partial charge in [0.15, 0.2) is 5.76 Å². The minimum atomic E-state index is -4.08. The number of furan rings is 1. The maximum absolute atomic E-state index is 12.2. The lowest BCUT2D eigenvalue weighted by atomic mass is 10.3. The second-order valence-electron chi connectivity index (χ2n) is 4.82. The van der Waals surface area contributed by atoms with Crippen LogP contribution >= 0.6 is 0 Å². The first-order valence-electron chi connectivity index (χ1n) is 6.88. The minimum Gasteiger partial charge on any atom is -0.497 e. The van der Waals surface area contributed by atoms with Crippen molar-refractivity contribution in [1.82, 2.24) is 10.0 Å². The molecule has 24 heavy (non-hydrogen) atoms. The summed E-state index contributed by atoms with van der Waals surface area (Å²) >= 11 is 0. The van der Waals surface area contributed by atoms with Crippen molar-refractivity contribution in [3.8, 4) is 5.75 Å². The highest BCUT2D eigenvalue weighted by Gasteiger charge is 2.24. The van der Waals surface area contributed by atoms with Crippen LogP contribution in [0.4, 0.5) is 0 Å². The molecule has 0 saturated carbocycles. The van der Waals surface area contributed by atoms with Crippen LogP contribution in [0.25, 0.3) is 0 Å². The summed E-state index contributed by atoms with van der Waals surface area (Å²) in [6.07, 6.45) is 1.31.